The van der Waals surface area contributed by atoms with Crippen LogP contribution in [0.4, 0.5) is 0 Å². The van der Waals surface area contributed by atoms with Crippen LogP contribution in [0.1, 0.15) is 27.2 Å². The summed E-state index contributed by atoms with van der Waals surface area (Å²) in [5.74, 6) is -1.76. The van der Waals surface area contributed by atoms with Crippen molar-refractivity contribution >= 4 is 11.9 Å². The Bertz CT molecular complexity index is 231. The molecule has 0 fully saturated rings. The first-order valence-electron chi connectivity index (χ1n) is 5.13. The van der Waals surface area contributed by atoms with Crippen LogP contribution in [0.15, 0.2) is 0 Å². The first kappa shape index (κ1) is 13.9. The third kappa shape index (κ3) is 5.37. The number of carboxylic acids is 1. The van der Waals surface area contributed by atoms with Gasteiger partial charge in [0.05, 0.1) is 12.5 Å². The number of primary amides is 1. The number of aliphatic carboxylic acids is 1. The molecule has 0 heterocycles. The number of nitrogens with zero attached hydrogens (tertiary/aromatic N) is 1. The van der Waals surface area contributed by atoms with Crippen LogP contribution in [0.3, 0.4) is 0 Å². The molecule has 0 saturated heterocycles. The summed E-state index contributed by atoms with van der Waals surface area (Å²) in [5.41, 5.74) is 5.11. The van der Waals surface area contributed by atoms with E-state index in [9.17, 15) is 9.59 Å². The smallest absolute Gasteiger partial charge is 0.307 e. The Labute approximate surface area is 90.2 Å². The summed E-state index contributed by atoms with van der Waals surface area (Å²) in [6.45, 7) is 6.04. The van der Waals surface area contributed by atoms with Gasteiger partial charge in [-0.3, -0.25) is 14.5 Å². The van der Waals surface area contributed by atoms with Gasteiger partial charge in [0.15, 0.2) is 0 Å². The highest BCUT2D eigenvalue weighted by Gasteiger charge is 2.20. The van der Waals surface area contributed by atoms with Crippen LogP contribution in [-0.4, -0.2) is 41.0 Å². The lowest BCUT2D eigenvalue weighted by molar-refractivity contribution is -0.142. The van der Waals surface area contributed by atoms with Gasteiger partial charge in [0.1, 0.15) is 0 Å². The predicted octanol–water partition coefficient (Wildman–Crippen LogP) is 0.293. The number of hydrogen-bond acceptors (Lipinski definition) is 3. The molecule has 0 radical (unpaired) electrons. The minimum absolute atomic E-state index is 0.118. The summed E-state index contributed by atoms with van der Waals surface area (Å²) >= 11 is 0. The highest BCUT2D eigenvalue weighted by Crippen LogP contribution is 2.07. The van der Waals surface area contributed by atoms with E-state index in [1.54, 1.807) is 11.8 Å². The van der Waals surface area contributed by atoms with Crippen molar-refractivity contribution in [2.45, 2.75) is 33.2 Å². The molecule has 2 atom stereocenters. The van der Waals surface area contributed by atoms with Crippen LogP contribution in [0.25, 0.3) is 0 Å². The third-order valence-corrected chi connectivity index (χ3v) is 2.50. The van der Waals surface area contributed by atoms with E-state index in [-0.39, 0.29) is 12.6 Å². The van der Waals surface area contributed by atoms with E-state index < -0.39 is 17.8 Å². The molecule has 5 heteroatoms. The van der Waals surface area contributed by atoms with Gasteiger partial charge in [-0.1, -0.05) is 13.8 Å². The molecule has 0 spiro atoms. The van der Waals surface area contributed by atoms with Gasteiger partial charge in [-0.2, -0.15) is 0 Å². The monoisotopic (exact) mass is 216 g/mol. The van der Waals surface area contributed by atoms with Crippen molar-refractivity contribution in [3.8, 4) is 0 Å². The molecule has 0 aromatic heterocycles. The number of hydrogen-bond donors (Lipinski definition) is 2. The maximum Gasteiger partial charge on any atom is 0.307 e. The third-order valence-electron chi connectivity index (χ3n) is 2.50. The topological polar surface area (TPSA) is 83.6 Å². The number of amides is 1. The van der Waals surface area contributed by atoms with E-state index in [4.69, 9.17) is 10.8 Å². The van der Waals surface area contributed by atoms with Crippen molar-refractivity contribution in [2.24, 2.45) is 11.7 Å². The maximum atomic E-state index is 10.8. The summed E-state index contributed by atoms with van der Waals surface area (Å²) in [6.07, 6.45) is 0.861. The van der Waals surface area contributed by atoms with Crippen LogP contribution < -0.4 is 5.73 Å². The second-order valence-electron chi connectivity index (χ2n) is 3.89. The highest BCUT2D eigenvalue weighted by atomic mass is 16.4. The number of rotatable bonds is 7. The molecule has 0 aromatic rings. The molecule has 1 amide bonds. The fourth-order valence-electron chi connectivity index (χ4n) is 1.29. The second kappa shape index (κ2) is 6.40. The van der Waals surface area contributed by atoms with Crippen molar-refractivity contribution in [3.63, 3.8) is 0 Å². The molecule has 0 saturated carbocycles. The zero-order valence-electron chi connectivity index (χ0n) is 9.56. The lowest BCUT2D eigenvalue weighted by atomic mass is 10.1. The Morgan fingerprint density at radius 3 is 2.27 bits per heavy atom. The first-order chi connectivity index (χ1) is 6.88. The summed E-state index contributed by atoms with van der Waals surface area (Å²) in [6, 6.07) is 0.166. The van der Waals surface area contributed by atoms with Crippen LogP contribution in [-0.2, 0) is 9.59 Å². The summed E-state index contributed by atoms with van der Waals surface area (Å²) in [5, 5.41) is 8.78. The van der Waals surface area contributed by atoms with Crippen LogP contribution in [0.2, 0.25) is 0 Å². The lowest BCUT2D eigenvalue weighted by Crippen LogP contribution is -2.43. The van der Waals surface area contributed by atoms with Crippen molar-refractivity contribution < 1.29 is 14.7 Å². The molecule has 0 bridgehead atoms. The molecule has 0 aliphatic carbocycles. The average Bonchev–Trinajstić information content (AvgIpc) is 2.14. The predicted molar refractivity (Wildman–Crippen MR) is 57.3 cm³/mol. The molecule has 0 aliphatic heterocycles. The van der Waals surface area contributed by atoms with Gasteiger partial charge in [-0.05, 0) is 13.3 Å². The minimum Gasteiger partial charge on any atom is -0.481 e. The summed E-state index contributed by atoms with van der Waals surface area (Å²) in [7, 11) is 0. The van der Waals surface area contributed by atoms with E-state index >= 15 is 0 Å². The Kier molecular flexibility index (Phi) is 5.93. The molecular formula is C10H20N2O3. The maximum absolute atomic E-state index is 10.8. The zero-order chi connectivity index (χ0) is 12.0. The number of carbonyl (C=O) groups excluding carboxylic acids is 1. The van der Waals surface area contributed by atoms with Gasteiger partial charge in [0, 0.05) is 12.6 Å². The summed E-state index contributed by atoms with van der Waals surface area (Å²) in [4.78, 5) is 23.3. The molecular weight excluding hydrogens is 196 g/mol. The average molecular weight is 216 g/mol. The van der Waals surface area contributed by atoms with Gasteiger partial charge < -0.3 is 10.8 Å². The lowest BCUT2D eigenvalue weighted by Gasteiger charge is -2.28. The van der Waals surface area contributed by atoms with E-state index in [1.807, 2.05) is 13.8 Å². The van der Waals surface area contributed by atoms with Crippen molar-refractivity contribution in [2.75, 3.05) is 13.1 Å². The van der Waals surface area contributed by atoms with Crippen LogP contribution >= 0.6 is 0 Å². The standard InChI is InChI=1S/C10H20N2O3/c1-4-8(3)12(6-9(11)13)5-7(2)10(14)15/h7-8H,4-6H2,1-3H3,(H2,11,13)(H,14,15). The molecule has 0 rings (SSSR count). The highest BCUT2D eigenvalue weighted by molar-refractivity contribution is 5.76. The Morgan fingerprint density at radius 1 is 1.40 bits per heavy atom. The number of nitrogens with two attached hydrogens (primary N) is 1. The van der Waals surface area contributed by atoms with Gasteiger partial charge in [0.25, 0.3) is 0 Å². The van der Waals surface area contributed by atoms with Crippen LogP contribution in [0.5, 0.6) is 0 Å². The van der Waals surface area contributed by atoms with E-state index in [0.29, 0.717) is 6.54 Å². The number of carboxylic acid groups (broad SMARTS) is 1. The van der Waals surface area contributed by atoms with E-state index in [0.717, 1.165) is 6.42 Å². The normalized spacial score (nSPS) is 14.9. The largest absolute Gasteiger partial charge is 0.481 e. The molecule has 5 nitrogen and oxygen atoms in total. The number of carbonyl (C=O) groups is 2. The van der Waals surface area contributed by atoms with Crippen molar-refractivity contribution in [3.05, 3.63) is 0 Å². The van der Waals surface area contributed by atoms with Gasteiger partial charge in [0.2, 0.25) is 5.91 Å². The van der Waals surface area contributed by atoms with Crippen molar-refractivity contribution in [1.29, 1.82) is 0 Å². The Balaban J connectivity index is 4.36. The molecule has 2 unspecified atom stereocenters. The molecule has 88 valence electrons. The molecule has 15 heavy (non-hydrogen) atoms. The molecule has 3 N–H and O–H groups in total. The molecule has 0 aromatic carbocycles. The van der Waals surface area contributed by atoms with E-state index in [2.05, 4.69) is 0 Å². The zero-order valence-corrected chi connectivity index (χ0v) is 9.56. The van der Waals surface area contributed by atoms with Gasteiger partial charge >= 0.3 is 5.97 Å². The SMILES string of the molecule is CCC(C)N(CC(N)=O)CC(C)C(=O)O. The summed E-state index contributed by atoms with van der Waals surface area (Å²) < 4.78 is 0. The first-order valence-corrected chi connectivity index (χ1v) is 5.13. The molecule has 0 aliphatic rings. The fourth-order valence-corrected chi connectivity index (χ4v) is 1.29. The quantitative estimate of drug-likeness (QED) is 0.640. The fraction of sp³-hybridized carbons (Fsp3) is 0.800. The van der Waals surface area contributed by atoms with Crippen LogP contribution in [0, 0.1) is 5.92 Å². The Morgan fingerprint density at radius 2 is 1.93 bits per heavy atom. The van der Waals surface area contributed by atoms with E-state index in [1.165, 1.54) is 0 Å². The Hall–Kier alpha value is -1.10. The second-order valence-corrected chi connectivity index (χ2v) is 3.89. The van der Waals surface area contributed by atoms with Crippen molar-refractivity contribution in [1.82, 2.24) is 4.90 Å². The van der Waals surface area contributed by atoms with Gasteiger partial charge in [-0.25, -0.2) is 0 Å². The van der Waals surface area contributed by atoms with Gasteiger partial charge in [-0.15, -0.1) is 0 Å². The minimum atomic E-state index is -0.854.